The Kier molecular flexibility index (Phi) is 4.33. The maximum Gasteiger partial charge on any atom is 0.203 e. The second-order valence-corrected chi connectivity index (χ2v) is 5.26. The molecule has 0 saturated carbocycles. The lowest BCUT2D eigenvalue weighted by atomic mass is 10.2. The molecule has 2 rings (SSSR count). The van der Waals surface area contributed by atoms with E-state index < -0.39 is 0 Å². The van der Waals surface area contributed by atoms with Crippen LogP contribution >= 0.6 is 27.3 Å². The smallest absolute Gasteiger partial charge is 0.203 e. The van der Waals surface area contributed by atoms with Gasteiger partial charge in [0.05, 0.1) is 19.0 Å². The second kappa shape index (κ2) is 5.97. The average molecular weight is 326 g/mol. The van der Waals surface area contributed by atoms with Crippen LogP contribution in [-0.2, 0) is 0 Å². The Labute approximate surface area is 118 Å². The Balaban J connectivity index is 2.05. The summed E-state index contributed by atoms with van der Waals surface area (Å²) in [6.45, 7) is 1.95. The molecular formula is C12H12BrN3OS. The molecule has 18 heavy (non-hydrogen) atoms. The van der Waals surface area contributed by atoms with Crippen LogP contribution in [0.2, 0.25) is 0 Å². The highest BCUT2D eigenvalue weighted by molar-refractivity contribution is 9.10. The van der Waals surface area contributed by atoms with E-state index in [4.69, 9.17) is 4.74 Å². The fourth-order valence-electron chi connectivity index (χ4n) is 1.30. The number of hydrogen-bond donors (Lipinski definition) is 1. The summed E-state index contributed by atoms with van der Waals surface area (Å²) in [5.74, 6) is 0.808. The van der Waals surface area contributed by atoms with Crippen molar-refractivity contribution < 1.29 is 4.74 Å². The summed E-state index contributed by atoms with van der Waals surface area (Å²) in [5.41, 5.74) is 4.85. The molecule has 94 valence electrons. The first-order chi connectivity index (χ1) is 8.69. The lowest BCUT2D eigenvalue weighted by Crippen LogP contribution is -1.91. The molecule has 0 spiro atoms. The molecular weight excluding hydrogens is 314 g/mol. The molecule has 0 radical (unpaired) electrons. The topological polar surface area (TPSA) is 46.5 Å². The van der Waals surface area contributed by atoms with Gasteiger partial charge >= 0.3 is 0 Å². The Morgan fingerprint density at radius 1 is 1.50 bits per heavy atom. The monoisotopic (exact) mass is 325 g/mol. The summed E-state index contributed by atoms with van der Waals surface area (Å²) in [4.78, 5) is 4.25. The Bertz CT molecular complexity index is 568. The number of hydrazone groups is 1. The number of benzene rings is 1. The Morgan fingerprint density at radius 3 is 2.94 bits per heavy atom. The van der Waals surface area contributed by atoms with E-state index >= 15 is 0 Å². The zero-order valence-corrected chi connectivity index (χ0v) is 12.4. The van der Waals surface area contributed by atoms with Crippen LogP contribution in [0.25, 0.3) is 0 Å². The van der Waals surface area contributed by atoms with Crippen molar-refractivity contribution in [2.45, 2.75) is 6.92 Å². The van der Waals surface area contributed by atoms with Gasteiger partial charge in [-0.3, -0.25) is 5.43 Å². The molecule has 0 saturated heterocycles. The number of aromatic nitrogens is 1. The highest BCUT2D eigenvalue weighted by Crippen LogP contribution is 2.21. The van der Waals surface area contributed by atoms with Gasteiger partial charge in [0.1, 0.15) is 5.75 Å². The highest BCUT2D eigenvalue weighted by Gasteiger charge is 1.99. The van der Waals surface area contributed by atoms with Crippen LogP contribution in [0.4, 0.5) is 5.13 Å². The van der Waals surface area contributed by atoms with E-state index in [1.54, 1.807) is 13.3 Å². The molecule has 0 aliphatic rings. The number of thiazole rings is 1. The molecule has 0 unspecified atom stereocenters. The van der Waals surface area contributed by atoms with Crippen molar-refractivity contribution in [2.75, 3.05) is 12.5 Å². The van der Waals surface area contributed by atoms with Crippen molar-refractivity contribution >= 4 is 38.6 Å². The van der Waals surface area contributed by atoms with Crippen LogP contribution in [0.5, 0.6) is 5.75 Å². The minimum absolute atomic E-state index is 0.786. The Morgan fingerprint density at radius 2 is 2.33 bits per heavy atom. The molecule has 0 aliphatic carbocycles. The van der Waals surface area contributed by atoms with Gasteiger partial charge in [-0.15, -0.1) is 11.3 Å². The molecule has 1 aromatic carbocycles. The van der Waals surface area contributed by atoms with E-state index in [1.807, 2.05) is 30.5 Å². The molecule has 4 nitrogen and oxygen atoms in total. The molecule has 0 bridgehead atoms. The SMILES string of the molecule is COc1ccc(C=NNc2nc(C)cs2)c(Br)c1. The summed E-state index contributed by atoms with van der Waals surface area (Å²) in [7, 11) is 1.64. The van der Waals surface area contributed by atoms with Gasteiger partial charge in [-0.25, -0.2) is 4.98 Å². The molecule has 1 heterocycles. The third-order valence-electron chi connectivity index (χ3n) is 2.19. The summed E-state index contributed by atoms with van der Waals surface area (Å²) >= 11 is 4.99. The van der Waals surface area contributed by atoms with E-state index in [9.17, 15) is 0 Å². The van der Waals surface area contributed by atoms with E-state index in [-0.39, 0.29) is 0 Å². The molecule has 1 aromatic heterocycles. The predicted molar refractivity (Wildman–Crippen MR) is 78.8 cm³/mol. The summed E-state index contributed by atoms with van der Waals surface area (Å²) < 4.78 is 6.06. The third-order valence-corrected chi connectivity index (χ3v) is 3.74. The van der Waals surface area contributed by atoms with Crippen molar-refractivity contribution in [1.82, 2.24) is 4.98 Å². The van der Waals surface area contributed by atoms with Gasteiger partial charge in [0.25, 0.3) is 0 Å². The molecule has 0 aliphatic heterocycles. The lowest BCUT2D eigenvalue weighted by molar-refractivity contribution is 0.414. The van der Waals surface area contributed by atoms with Crippen molar-refractivity contribution in [3.63, 3.8) is 0 Å². The first-order valence-electron chi connectivity index (χ1n) is 5.24. The molecule has 0 atom stereocenters. The first kappa shape index (κ1) is 13.0. The highest BCUT2D eigenvalue weighted by atomic mass is 79.9. The maximum absolute atomic E-state index is 5.13. The number of ether oxygens (including phenoxy) is 1. The summed E-state index contributed by atoms with van der Waals surface area (Å²) in [6.07, 6.45) is 1.74. The minimum atomic E-state index is 0.786. The van der Waals surface area contributed by atoms with Gasteiger partial charge in [0.2, 0.25) is 5.13 Å². The van der Waals surface area contributed by atoms with Crippen molar-refractivity contribution in [1.29, 1.82) is 0 Å². The van der Waals surface area contributed by atoms with E-state index in [2.05, 4.69) is 31.4 Å². The second-order valence-electron chi connectivity index (χ2n) is 3.55. The van der Waals surface area contributed by atoms with Crippen LogP contribution in [-0.4, -0.2) is 18.3 Å². The van der Waals surface area contributed by atoms with Crippen LogP contribution in [0, 0.1) is 6.92 Å². The van der Waals surface area contributed by atoms with Crippen molar-refractivity contribution in [2.24, 2.45) is 5.10 Å². The van der Waals surface area contributed by atoms with Gasteiger partial charge in [-0.1, -0.05) is 0 Å². The normalized spacial score (nSPS) is 10.8. The van der Waals surface area contributed by atoms with Crippen molar-refractivity contribution in [3.8, 4) is 5.75 Å². The Hall–Kier alpha value is -1.40. The van der Waals surface area contributed by atoms with E-state index in [0.29, 0.717) is 0 Å². The fourth-order valence-corrected chi connectivity index (χ4v) is 2.40. The standard InChI is InChI=1S/C12H12BrN3OS/c1-8-7-18-12(15-8)16-14-6-9-3-4-10(17-2)5-11(9)13/h3-7H,1-2H3,(H,15,16). The number of nitrogens with one attached hydrogen (secondary N) is 1. The predicted octanol–water partition coefficient (Wildman–Crippen LogP) is 3.67. The fraction of sp³-hybridized carbons (Fsp3) is 0.167. The summed E-state index contributed by atoms with van der Waals surface area (Å²) in [5, 5.41) is 6.90. The molecule has 2 aromatic rings. The number of nitrogens with zero attached hydrogens (tertiary/aromatic N) is 2. The zero-order chi connectivity index (χ0) is 13.0. The number of aryl methyl sites for hydroxylation is 1. The summed E-state index contributed by atoms with van der Waals surface area (Å²) in [6, 6.07) is 5.72. The zero-order valence-electron chi connectivity index (χ0n) is 9.98. The average Bonchev–Trinajstić information content (AvgIpc) is 2.77. The van der Waals surface area contributed by atoms with Gasteiger partial charge in [-0.05, 0) is 41.1 Å². The number of halogens is 1. The first-order valence-corrected chi connectivity index (χ1v) is 6.91. The van der Waals surface area contributed by atoms with Crippen LogP contribution in [0.3, 0.4) is 0 Å². The quantitative estimate of drug-likeness (QED) is 0.689. The van der Waals surface area contributed by atoms with Gasteiger partial charge in [0.15, 0.2) is 0 Å². The third kappa shape index (κ3) is 3.30. The van der Waals surface area contributed by atoms with Crippen LogP contribution in [0.15, 0.2) is 33.2 Å². The number of rotatable bonds is 4. The number of anilines is 1. The molecule has 0 amide bonds. The van der Waals surface area contributed by atoms with Crippen LogP contribution in [0.1, 0.15) is 11.3 Å². The van der Waals surface area contributed by atoms with E-state index in [0.717, 1.165) is 26.6 Å². The van der Waals surface area contributed by atoms with Crippen LogP contribution < -0.4 is 10.2 Å². The molecule has 1 N–H and O–H groups in total. The number of methoxy groups -OCH3 is 1. The lowest BCUT2D eigenvalue weighted by Gasteiger charge is -2.02. The largest absolute Gasteiger partial charge is 0.497 e. The van der Waals surface area contributed by atoms with E-state index in [1.165, 1.54) is 11.3 Å². The molecule has 0 fully saturated rings. The van der Waals surface area contributed by atoms with Gasteiger partial charge in [-0.2, -0.15) is 5.10 Å². The minimum Gasteiger partial charge on any atom is -0.497 e. The van der Waals surface area contributed by atoms with Gasteiger partial charge < -0.3 is 4.74 Å². The maximum atomic E-state index is 5.13. The van der Waals surface area contributed by atoms with Gasteiger partial charge in [0, 0.05) is 15.4 Å². The molecule has 6 heteroatoms. The van der Waals surface area contributed by atoms with Crippen molar-refractivity contribution in [3.05, 3.63) is 39.3 Å². The number of hydrogen-bond acceptors (Lipinski definition) is 5.